The van der Waals surface area contributed by atoms with Gasteiger partial charge in [-0.1, -0.05) is 26.0 Å². The minimum Gasteiger partial charge on any atom is -0.383 e. The lowest BCUT2D eigenvalue weighted by molar-refractivity contribution is 0.0951. The Morgan fingerprint density at radius 1 is 1.17 bits per heavy atom. The second kappa shape index (κ2) is 7.67. The zero-order valence-electron chi connectivity index (χ0n) is 16.2. The van der Waals surface area contributed by atoms with Gasteiger partial charge in [-0.25, -0.2) is 9.97 Å². The van der Waals surface area contributed by atoms with Gasteiger partial charge in [-0.05, 0) is 35.7 Å². The smallest absolute Gasteiger partial charge is 0.257 e. The molecule has 0 saturated heterocycles. The number of nitrogens with one attached hydrogen (secondary N) is 1. The number of benzene rings is 1. The summed E-state index contributed by atoms with van der Waals surface area (Å²) in [7, 11) is 0. The SMILES string of the molecule is CC(C)CNC(=O)c1c(N)n(/N=C/c2ccncc2)c2nc3ccccc3nc12. The number of nitrogens with two attached hydrogens (primary N) is 1. The van der Waals surface area contributed by atoms with Crippen molar-refractivity contribution < 1.29 is 4.79 Å². The van der Waals surface area contributed by atoms with E-state index in [9.17, 15) is 4.79 Å². The van der Waals surface area contributed by atoms with Crippen molar-refractivity contribution in [2.24, 2.45) is 11.0 Å². The summed E-state index contributed by atoms with van der Waals surface area (Å²) < 4.78 is 1.46. The van der Waals surface area contributed by atoms with Crippen LogP contribution in [0.2, 0.25) is 0 Å². The third-order valence-electron chi connectivity index (χ3n) is 4.40. The number of para-hydroxylation sites is 2. The molecule has 4 aromatic rings. The van der Waals surface area contributed by atoms with Gasteiger partial charge in [0.15, 0.2) is 5.65 Å². The van der Waals surface area contributed by atoms with Crippen molar-refractivity contribution in [3.05, 3.63) is 59.9 Å². The topological polar surface area (TPSA) is 111 Å². The summed E-state index contributed by atoms with van der Waals surface area (Å²) in [5, 5.41) is 7.37. The third kappa shape index (κ3) is 3.64. The Kier molecular flexibility index (Phi) is 4.90. The molecule has 0 unspecified atom stereocenters. The number of hydrogen-bond donors (Lipinski definition) is 2. The van der Waals surface area contributed by atoms with Crippen molar-refractivity contribution in [3.63, 3.8) is 0 Å². The molecule has 29 heavy (non-hydrogen) atoms. The summed E-state index contributed by atoms with van der Waals surface area (Å²) in [5.41, 5.74) is 9.72. The maximum Gasteiger partial charge on any atom is 0.257 e. The van der Waals surface area contributed by atoms with E-state index in [0.717, 1.165) is 5.56 Å². The molecule has 0 aliphatic carbocycles. The number of pyridine rings is 1. The fraction of sp³-hybridized carbons (Fsp3) is 0.190. The summed E-state index contributed by atoms with van der Waals surface area (Å²) in [6, 6.07) is 11.1. The Morgan fingerprint density at radius 3 is 2.55 bits per heavy atom. The number of anilines is 1. The van der Waals surface area contributed by atoms with Crippen LogP contribution in [0.3, 0.4) is 0 Å². The average molecular weight is 387 g/mol. The Hall–Kier alpha value is -3.81. The van der Waals surface area contributed by atoms with Gasteiger partial charge in [0.2, 0.25) is 0 Å². The summed E-state index contributed by atoms with van der Waals surface area (Å²) >= 11 is 0. The number of carbonyl (C=O) groups excluding carboxylic acids is 1. The number of nitrogen functional groups attached to an aromatic ring is 1. The Balaban J connectivity index is 1.89. The molecular weight excluding hydrogens is 366 g/mol. The molecule has 4 rings (SSSR count). The molecule has 0 saturated carbocycles. The highest BCUT2D eigenvalue weighted by atomic mass is 16.1. The number of amides is 1. The van der Waals surface area contributed by atoms with Gasteiger partial charge in [0.25, 0.3) is 5.91 Å². The number of hydrogen-bond acceptors (Lipinski definition) is 6. The lowest BCUT2D eigenvalue weighted by Crippen LogP contribution is -2.28. The van der Waals surface area contributed by atoms with E-state index in [2.05, 4.69) is 25.4 Å². The molecule has 3 N–H and O–H groups in total. The monoisotopic (exact) mass is 387 g/mol. The molecule has 0 aliphatic heterocycles. The van der Waals surface area contributed by atoms with Crippen LogP contribution >= 0.6 is 0 Å². The first-order valence-corrected chi connectivity index (χ1v) is 9.34. The highest BCUT2D eigenvalue weighted by molar-refractivity contribution is 6.10. The first kappa shape index (κ1) is 18.5. The molecular formula is C21H21N7O. The van der Waals surface area contributed by atoms with Gasteiger partial charge in [-0.15, -0.1) is 0 Å². The highest BCUT2D eigenvalue weighted by Crippen LogP contribution is 2.27. The summed E-state index contributed by atoms with van der Waals surface area (Å²) in [6.45, 7) is 4.59. The van der Waals surface area contributed by atoms with Crippen LogP contribution in [0.5, 0.6) is 0 Å². The average Bonchev–Trinajstić information content (AvgIpc) is 2.99. The first-order chi connectivity index (χ1) is 14.0. The molecule has 1 amide bonds. The van der Waals surface area contributed by atoms with Crippen LogP contribution in [-0.2, 0) is 0 Å². The zero-order chi connectivity index (χ0) is 20.4. The van der Waals surface area contributed by atoms with E-state index in [0.29, 0.717) is 34.7 Å². The summed E-state index contributed by atoms with van der Waals surface area (Å²) in [4.78, 5) is 26.2. The molecule has 0 aliphatic rings. The number of carbonyl (C=O) groups is 1. The molecule has 3 aromatic heterocycles. The number of nitrogens with zero attached hydrogens (tertiary/aromatic N) is 5. The molecule has 0 bridgehead atoms. The van der Waals surface area contributed by atoms with E-state index in [4.69, 9.17) is 5.73 Å². The normalized spacial score (nSPS) is 11.7. The minimum absolute atomic E-state index is 0.196. The highest BCUT2D eigenvalue weighted by Gasteiger charge is 2.24. The van der Waals surface area contributed by atoms with Gasteiger partial charge in [0.05, 0.1) is 17.2 Å². The van der Waals surface area contributed by atoms with E-state index < -0.39 is 0 Å². The van der Waals surface area contributed by atoms with Gasteiger partial charge in [0.1, 0.15) is 16.9 Å². The van der Waals surface area contributed by atoms with Crippen LogP contribution in [-0.4, -0.2) is 38.3 Å². The van der Waals surface area contributed by atoms with Crippen LogP contribution < -0.4 is 11.1 Å². The van der Waals surface area contributed by atoms with Crippen molar-refractivity contribution in [2.75, 3.05) is 12.3 Å². The molecule has 8 nitrogen and oxygen atoms in total. The quantitative estimate of drug-likeness (QED) is 0.512. The number of rotatable bonds is 5. The Morgan fingerprint density at radius 2 is 1.86 bits per heavy atom. The van der Waals surface area contributed by atoms with E-state index in [1.807, 2.05) is 50.2 Å². The van der Waals surface area contributed by atoms with Crippen LogP contribution in [0.1, 0.15) is 29.8 Å². The molecule has 0 radical (unpaired) electrons. The van der Waals surface area contributed by atoms with Gasteiger partial charge in [-0.2, -0.15) is 9.78 Å². The van der Waals surface area contributed by atoms with E-state index >= 15 is 0 Å². The molecule has 0 fully saturated rings. The predicted octanol–water partition coefficient (Wildman–Crippen LogP) is 2.83. The maximum atomic E-state index is 12.9. The fourth-order valence-electron chi connectivity index (χ4n) is 2.95. The molecule has 3 heterocycles. The lowest BCUT2D eigenvalue weighted by Gasteiger charge is -2.07. The van der Waals surface area contributed by atoms with Crippen LogP contribution in [0.15, 0.2) is 53.9 Å². The van der Waals surface area contributed by atoms with Crippen LogP contribution in [0.25, 0.3) is 22.2 Å². The summed E-state index contributed by atoms with van der Waals surface area (Å²) in [6.07, 6.45) is 5.00. The Labute approximate surface area is 167 Å². The van der Waals surface area contributed by atoms with Crippen LogP contribution in [0, 0.1) is 5.92 Å². The van der Waals surface area contributed by atoms with Gasteiger partial charge in [-0.3, -0.25) is 9.78 Å². The van der Waals surface area contributed by atoms with E-state index in [1.54, 1.807) is 18.6 Å². The predicted molar refractivity (Wildman–Crippen MR) is 114 cm³/mol. The van der Waals surface area contributed by atoms with Crippen molar-refractivity contribution in [2.45, 2.75) is 13.8 Å². The maximum absolute atomic E-state index is 12.9. The minimum atomic E-state index is -0.288. The van der Waals surface area contributed by atoms with Crippen LogP contribution in [0.4, 0.5) is 5.82 Å². The molecule has 8 heteroatoms. The number of fused-ring (bicyclic) bond motifs is 2. The fourth-order valence-corrected chi connectivity index (χ4v) is 2.95. The summed E-state index contributed by atoms with van der Waals surface area (Å²) in [5.74, 6) is 0.218. The van der Waals surface area contributed by atoms with E-state index in [-0.39, 0.29) is 17.3 Å². The zero-order valence-corrected chi connectivity index (χ0v) is 16.2. The first-order valence-electron chi connectivity index (χ1n) is 9.34. The Bertz CT molecular complexity index is 1210. The van der Waals surface area contributed by atoms with Gasteiger partial charge in [0, 0.05) is 18.9 Å². The molecule has 0 spiro atoms. The van der Waals surface area contributed by atoms with Gasteiger partial charge >= 0.3 is 0 Å². The van der Waals surface area contributed by atoms with Crippen molar-refractivity contribution in [1.82, 2.24) is 24.9 Å². The third-order valence-corrected chi connectivity index (χ3v) is 4.40. The second-order valence-electron chi connectivity index (χ2n) is 7.09. The van der Waals surface area contributed by atoms with Gasteiger partial charge < -0.3 is 11.1 Å². The molecule has 1 aromatic carbocycles. The van der Waals surface area contributed by atoms with Crippen molar-refractivity contribution >= 4 is 40.1 Å². The standard InChI is InChI=1S/C21H21N7O/c1-13(2)11-24-21(29)17-18-20(27-16-6-4-3-5-15(16)26-18)28(19(17)22)25-12-14-7-9-23-10-8-14/h3-10,12-13H,11,22H2,1-2H3,(H,24,29)/b25-12+. The van der Waals surface area contributed by atoms with Crippen molar-refractivity contribution in [1.29, 1.82) is 0 Å². The second-order valence-corrected chi connectivity index (χ2v) is 7.09. The molecule has 146 valence electrons. The lowest BCUT2D eigenvalue weighted by atomic mass is 10.2. The molecule has 0 atom stereocenters. The largest absolute Gasteiger partial charge is 0.383 e. The van der Waals surface area contributed by atoms with Crippen molar-refractivity contribution in [3.8, 4) is 0 Å². The number of aromatic nitrogens is 4. The van der Waals surface area contributed by atoms with E-state index in [1.165, 1.54) is 4.68 Å².